The molecule has 180 valence electrons. The summed E-state index contributed by atoms with van der Waals surface area (Å²) in [6.07, 6.45) is 3.29. The van der Waals surface area contributed by atoms with Crippen LogP contribution in [0.15, 0.2) is 48.5 Å². The maximum Gasteiger partial charge on any atom is 0.407 e. The Hall–Kier alpha value is -3.35. The number of rotatable bonds is 8. The summed E-state index contributed by atoms with van der Waals surface area (Å²) in [5.41, 5.74) is 4.56. The van der Waals surface area contributed by atoms with Gasteiger partial charge in [-0.1, -0.05) is 68.3 Å². The van der Waals surface area contributed by atoms with Crippen molar-refractivity contribution in [3.8, 4) is 11.1 Å². The van der Waals surface area contributed by atoms with E-state index in [1.165, 1.54) is 0 Å². The molecule has 0 radical (unpaired) electrons. The zero-order chi connectivity index (χ0) is 24.1. The molecule has 0 saturated heterocycles. The smallest absolute Gasteiger partial charge is 0.407 e. The predicted octanol–water partition coefficient (Wildman–Crippen LogP) is 4.45. The third-order valence-electron chi connectivity index (χ3n) is 7.03. The number of carbonyl (C=O) groups excluding carboxylic acids is 2. The number of carboxylic acids is 1. The first-order chi connectivity index (χ1) is 16.5. The van der Waals surface area contributed by atoms with Gasteiger partial charge in [0.05, 0.1) is 6.42 Å². The molecule has 0 bridgehead atoms. The molecule has 3 unspecified atom stereocenters. The molecule has 3 N–H and O–H groups in total. The van der Waals surface area contributed by atoms with E-state index in [0.717, 1.165) is 47.9 Å². The molecule has 3 atom stereocenters. The molecule has 2 aromatic carbocycles. The molecule has 0 heterocycles. The SMILES string of the molecule is CCC(NC(=O)OCC1c2ccccc2-c2ccccc21)C(=O)NC1CCCCC1CC(=O)O. The number of hydrogen-bond donors (Lipinski definition) is 3. The van der Waals surface area contributed by atoms with Gasteiger partial charge < -0.3 is 20.5 Å². The second-order valence-corrected chi connectivity index (χ2v) is 9.19. The summed E-state index contributed by atoms with van der Waals surface area (Å²) in [6, 6.07) is 15.3. The monoisotopic (exact) mass is 464 g/mol. The van der Waals surface area contributed by atoms with E-state index in [1.807, 2.05) is 31.2 Å². The summed E-state index contributed by atoms with van der Waals surface area (Å²) in [7, 11) is 0. The van der Waals surface area contributed by atoms with Gasteiger partial charge in [0, 0.05) is 12.0 Å². The summed E-state index contributed by atoms with van der Waals surface area (Å²) in [5, 5.41) is 14.9. The minimum Gasteiger partial charge on any atom is -0.481 e. The van der Waals surface area contributed by atoms with Gasteiger partial charge >= 0.3 is 12.1 Å². The fourth-order valence-electron chi connectivity index (χ4n) is 5.28. The summed E-state index contributed by atoms with van der Waals surface area (Å²) < 4.78 is 5.58. The minimum atomic E-state index is -0.852. The molecule has 2 amide bonds. The third kappa shape index (κ3) is 5.24. The van der Waals surface area contributed by atoms with Gasteiger partial charge in [-0.15, -0.1) is 0 Å². The van der Waals surface area contributed by atoms with Crippen molar-refractivity contribution < 1.29 is 24.2 Å². The number of nitrogens with one attached hydrogen (secondary N) is 2. The van der Waals surface area contributed by atoms with Crippen LogP contribution in [0.2, 0.25) is 0 Å². The van der Waals surface area contributed by atoms with Crippen molar-refractivity contribution in [2.75, 3.05) is 6.61 Å². The van der Waals surface area contributed by atoms with Crippen LogP contribution in [0.1, 0.15) is 62.5 Å². The van der Waals surface area contributed by atoms with Gasteiger partial charge in [0.15, 0.2) is 0 Å². The van der Waals surface area contributed by atoms with Crippen molar-refractivity contribution in [2.24, 2.45) is 5.92 Å². The van der Waals surface area contributed by atoms with Crippen LogP contribution in [0.4, 0.5) is 4.79 Å². The molecule has 2 aliphatic rings. The van der Waals surface area contributed by atoms with Crippen LogP contribution in [0.3, 0.4) is 0 Å². The van der Waals surface area contributed by atoms with E-state index in [4.69, 9.17) is 4.74 Å². The first kappa shape index (κ1) is 23.8. The number of amides is 2. The Bertz CT molecular complexity index is 1010. The van der Waals surface area contributed by atoms with E-state index in [1.54, 1.807) is 0 Å². The summed E-state index contributed by atoms with van der Waals surface area (Å²) in [6.45, 7) is 2.00. The Balaban J connectivity index is 1.35. The average Bonchev–Trinajstić information content (AvgIpc) is 3.16. The van der Waals surface area contributed by atoms with Crippen LogP contribution in [0, 0.1) is 5.92 Å². The Kier molecular flexibility index (Phi) is 7.50. The highest BCUT2D eigenvalue weighted by Crippen LogP contribution is 2.44. The van der Waals surface area contributed by atoms with Crippen LogP contribution in [-0.2, 0) is 14.3 Å². The zero-order valence-corrected chi connectivity index (χ0v) is 19.5. The lowest BCUT2D eigenvalue weighted by Gasteiger charge is -2.32. The maximum absolute atomic E-state index is 12.9. The van der Waals surface area contributed by atoms with Gasteiger partial charge in [-0.05, 0) is 47.4 Å². The molecule has 1 fully saturated rings. The molecule has 1 saturated carbocycles. The van der Waals surface area contributed by atoms with Crippen molar-refractivity contribution in [3.63, 3.8) is 0 Å². The average molecular weight is 465 g/mol. The third-order valence-corrected chi connectivity index (χ3v) is 7.03. The zero-order valence-electron chi connectivity index (χ0n) is 19.5. The molecule has 0 aliphatic heterocycles. The normalized spacial score (nSPS) is 20.0. The van der Waals surface area contributed by atoms with Crippen molar-refractivity contribution in [1.82, 2.24) is 10.6 Å². The lowest BCUT2D eigenvalue weighted by Crippen LogP contribution is -2.52. The summed E-state index contributed by atoms with van der Waals surface area (Å²) >= 11 is 0. The van der Waals surface area contributed by atoms with Crippen molar-refractivity contribution in [3.05, 3.63) is 59.7 Å². The summed E-state index contributed by atoms with van der Waals surface area (Å²) in [4.78, 5) is 36.7. The first-order valence-electron chi connectivity index (χ1n) is 12.1. The molecular weight excluding hydrogens is 432 g/mol. The largest absolute Gasteiger partial charge is 0.481 e. The van der Waals surface area contributed by atoms with Gasteiger partial charge in [0.1, 0.15) is 12.6 Å². The first-order valence-corrected chi connectivity index (χ1v) is 12.1. The van der Waals surface area contributed by atoms with E-state index in [2.05, 4.69) is 34.9 Å². The van der Waals surface area contributed by atoms with Gasteiger partial charge in [0.25, 0.3) is 0 Å². The van der Waals surface area contributed by atoms with E-state index >= 15 is 0 Å². The second kappa shape index (κ2) is 10.7. The molecule has 34 heavy (non-hydrogen) atoms. The maximum atomic E-state index is 12.9. The Morgan fingerprint density at radius 2 is 1.62 bits per heavy atom. The molecular formula is C27H32N2O5. The molecule has 7 heteroatoms. The van der Waals surface area contributed by atoms with E-state index in [0.29, 0.717) is 6.42 Å². The number of aliphatic carboxylic acids is 1. The van der Waals surface area contributed by atoms with Crippen molar-refractivity contribution in [2.45, 2.75) is 63.5 Å². The lowest BCUT2D eigenvalue weighted by atomic mass is 9.82. The van der Waals surface area contributed by atoms with Crippen molar-refractivity contribution in [1.29, 1.82) is 0 Å². The van der Waals surface area contributed by atoms with Crippen LogP contribution in [0.5, 0.6) is 0 Å². The number of carboxylic acid groups (broad SMARTS) is 1. The molecule has 7 nitrogen and oxygen atoms in total. The van der Waals surface area contributed by atoms with Gasteiger partial charge in [0.2, 0.25) is 5.91 Å². The quantitative estimate of drug-likeness (QED) is 0.535. The van der Waals surface area contributed by atoms with E-state index in [-0.39, 0.29) is 36.8 Å². The van der Waals surface area contributed by atoms with Crippen LogP contribution < -0.4 is 10.6 Å². The van der Waals surface area contributed by atoms with Crippen LogP contribution in [-0.4, -0.2) is 41.8 Å². The number of fused-ring (bicyclic) bond motifs is 3. The number of hydrogen-bond acceptors (Lipinski definition) is 4. The highest BCUT2D eigenvalue weighted by molar-refractivity contribution is 5.86. The van der Waals surface area contributed by atoms with Crippen LogP contribution >= 0.6 is 0 Å². The molecule has 4 rings (SSSR count). The highest BCUT2D eigenvalue weighted by Gasteiger charge is 2.32. The van der Waals surface area contributed by atoms with E-state index < -0.39 is 18.1 Å². The Labute approximate surface area is 199 Å². The highest BCUT2D eigenvalue weighted by atomic mass is 16.5. The molecule has 2 aromatic rings. The fraction of sp³-hybridized carbons (Fsp3) is 0.444. The summed E-state index contributed by atoms with van der Waals surface area (Å²) in [5.74, 6) is -1.28. The van der Waals surface area contributed by atoms with Crippen molar-refractivity contribution >= 4 is 18.0 Å². The number of carbonyl (C=O) groups is 3. The molecule has 0 aromatic heterocycles. The second-order valence-electron chi connectivity index (χ2n) is 9.19. The molecule has 0 spiro atoms. The van der Waals surface area contributed by atoms with Gasteiger partial charge in [-0.2, -0.15) is 0 Å². The van der Waals surface area contributed by atoms with Crippen LogP contribution in [0.25, 0.3) is 11.1 Å². The lowest BCUT2D eigenvalue weighted by molar-refractivity contribution is -0.139. The Morgan fingerprint density at radius 3 is 2.24 bits per heavy atom. The number of alkyl carbamates (subject to hydrolysis) is 1. The number of ether oxygens (including phenoxy) is 1. The fourth-order valence-corrected chi connectivity index (χ4v) is 5.28. The minimum absolute atomic E-state index is 0.0432. The Morgan fingerprint density at radius 1 is 1.00 bits per heavy atom. The number of benzene rings is 2. The predicted molar refractivity (Wildman–Crippen MR) is 128 cm³/mol. The van der Waals surface area contributed by atoms with E-state index in [9.17, 15) is 19.5 Å². The van der Waals surface area contributed by atoms with Gasteiger partial charge in [-0.25, -0.2) is 4.79 Å². The standard InChI is InChI=1S/C27H32N2O5/c1-2-23(26(32)28-24-14-8-3-9-17(24)15-25(30)31)29-27(33)34-16-22-20-12-6-4-10-18(20)19-11-5-7-13-21(19)22/h4-7,10-13,17,22-24H,2-3,8-9,14-16H2,1H3,(H,28,32)(H,29,33)(H,30,31). The van der Waals surface area contributed by atoms with Gasteiger partial charge in [-0.3, -0.25) is 9.59 Å². The topological polar surface area (TPSA) is 105 Å². The molecule has 2 aliphatic carbocycles.